The number of carboxylic acids is 1. The molecule has 2 N–H and O–H groups in total. The summed E-state index contributed by atoms with van der Waals surface area (Å²) in [4.78, 5) is 14.0. The first-order valence-corrected chi connectivity index (χ1v) is 3.39. The summed E-state index contributed by atoms with van der Waals surface area (Å²) >= 11 is 0. The van der Waals surface area contributed by atoms with E-state index in [9.17, 15) is 4.79 Å². The highest BCUT2D eigenvalue weighted by molar-refractivity contribution is 5.66. The Morgan fingerprint density at radius 3 is 3.00 bits per heavy atom. The van der Waals surface area contributed by atoms with Crippen molar-refractivity contribution in [1.29, 1.82) is 0 Å². The van der Waals surface area contributed by atoms with Crippen molar-refractivity contribution in [2.75, 3.05) is 7.11 Å². The molecule has 1 aromatic heterocycles. The number of rotatable bonds is 4. The molecule has 6 nitrogen and oxygen atoms in total. The molecule has 1 aromatic rings. The second-order valence-electron chi connectivity index (χ2n) is 2.16. The van der Waals surface area contributed by atoms with Crippen molar-refractivity contribution in [2.45, 2.75) is 12.8 Å². The molecule has 1 heterocycles. The molecule has 0 atom stereocenters. The Balaban J connectivity index is 2.47. The number of nitrogens with one attached hydrogen (secondary N) is 1. The molecule has 0 aliphatic carbocycles. The predicted octanol–water partition coefficient (Wildman–Crippen LogP) is -0.170. The molecule has 0 amide bonds. The minimum Gasteiger partial charge on any atom is -0.481 e. The summed E-state index contributed by atoms with van der Waals surface area (Å²) in [6.07, 6.45) is 0.379. The van der Waals surface area contributed by atoms with E-state index in [0.29, 0.717) is 12.2 Å². The van der Waals surface area contributed by atoms with Gasteiger partial charge in [0.2, 0.25) is 0 Å². The summed E-state index contributed by atoms with van der Waals surface area (Å²) in [5, 5.41) is 14.6. The van der Waals surface area contributed by atoms with Gasteiger partial charge in [0.15, 0.2) is 0 Å². The van der Waals surface area contributed by atoms with Crippen molar-refractivity contribution < 1.29 is 14.6 Å². The van der Waals surface area contributed by atoms with Gasteiger partial charge in [0.1, 0.15) is 5.82 Å². The van der Waals surface area contributed by atoms with Gasteiger partial charge < -0.3 is 9.84 Å². The molecular weight excluding hydrogens is 162 g/mol. The number of hydrogen-bond acceptors (Lipinski definition) is 4. The maximum absolute atomic E-state index is 10.2. The minimum absolute atomic E-state index is 0.0400. The Kier molecular flexibility index (Phi) is 2.62. The van der Waals surface area contributed by atoms with E-state index in [4.69, 9.17) is 9.84 Å². The lowest BCUT2D eigenvalue weighted by Gasteiger charge is -1.89. The number of carboxylic acid groups (broad SMARTS) is 1. The lowest BCUT2D eigenvalue weighted by molar-refractivity contribution is -0.137. The summed E-state index contributed by atoms with van der Waals surface area (Å²) in [5.74, 6) is -0.334. The third-order valence-corrected chi connectivity index (χ3v) is 1.27. The van der Waals surface area contributed by atoms with E-state index in [2.05, 4.69) is 15.2 Å². The zero-order valence-corrected chi connectivity index (χ0v) is 6.57. The second-order valence-corrected chi connectivity index (χ2v) is 2.16. The number of ether oxygens (including phenoxy) is 1. The summed E-state index contributed by atoms with van der Waals surface area (Å²) in [7, 11) is 1.45. The van der Waals surface area contributed by atoms with Crippen LogP contribution in [0.2, 0.25) is 0 Å². The van der Waals surface area contributed by atoms with E-state index in [1.807, 2.05) is 0 Å². The summed E-state index contributed by atoms with van der Waals surface area (Å²) in [6, 6.07) is 0.232. The van der Waals surface area contributed by atoms with Crippen molar-refractivity contribution in [2.24, 2.45) is 0 Å². The van der Waals surface area contributed by atoms with Crippen LogP contribution in [0.3, 0.4) is 0 Å². The van der Waals surface area contributed by atoms with Crippen molar-refractivity contribution in [3.63, 3.8) is 0 Å². The largest absolute Gasteiger partial charge is 0.481 e. The fourth-order valence-corrected chi connectivity index (χ4v) is 0.706. The van der Waals surface area contributed by atoms with Crippen LogP contribution in [-0.4, -0.2) is 33.4 Å². The molecule has 0 spiro atoms. The Morgan fingerprint density at radius 2 is 2.50 bits per heavy atom. The number of aromatic amines is 1. The van der Waals surface area contributed by atoms with Crippen LogP contribution in [0, 0.1) is 0 Å². The van der Waals surface area contributed by atoms with Gasteiger partial charge in [-0.05, 0) is 0 Å². The average molecular weight is 171 g/mol. The van der Waals surface area contributed by atoms with E-state index < -0.39 is 5.97 Å². The van der Waals surface area contributed by atoms with Gasteiger partial charge in [-0.1, -0.05) is 0 Å². The SMILES string of the molecule is COc1n[nH]c(CCC(=O)O)n1. The molecule has 0 saturated heterocycles. The Hall–Kier alpha value is -1.59. The van der Waals surface area contributed by atoms with Crippen molar-refractivity contribution in [3.8, 4) is 6.01 Å². The topological polar surface area (TPSA) is 88.1 Å². The quantitative estimate of drug-likeness (QED) is 0.656. The van der Waals surface area contributed by atoms with Gasteiger partial charge in [0, 0.05) is 6.42 Å². The van der Waals surface area contributed by atoms with Crippen LogP contribution in [0.1, 0.15) is 12.2 Å². The van der Waals surface area contributed by atoms with E-state index >= 15 is 0 Å². The molecule has 0 fully saturated rings. The molecule has 0 saturated carbocycles. The number of carbonyl (C=O) groups is 1. The zero-order valence-electron chi connectivity index (χ0n) is 6.57. The maximum Gasteiger partial charge on any atom is 0.335 e. The fraction of sp³-hybridized carbons (Fsp3) is 0.500. The van der Waals surface area contributed by atoms with Gasteiger partial charge in [-0.2, -0.15) is 4.98 Å². The number of methoxy groups -OCH3 is 1. The summed E-state index contributed by atoms with van der Waals surface area (Å²) in [5.41, 5.74) is 0. The summed E-state index contributed by atoms with van der Waals surface area (Å²) < 4.78 is 4.70. The molecule has 0 bridgehead atoms. The summed E-state index contributed by atoms with van der Waals surface area (Å²) in [6.45, 7) is 0. The molecule has 0 aliphatic rings. The standard InChI is InChI=1S/C6H9N3O3/c1-12-6-7-4(8-9-6)2-3-5(10)11/h2-3H2,1H3,(H,10,11)(H,7,8,9). The first kappa shape index (κ1) is 8.51. The van der Waals surface area contributed by atoms with Crippen molar-refractivity contribution in [1.82, 2.24) is 15.2 Å². The second kappa shape index (κ2) is 3.70. The minimum atomic E-state index is -0.856. The first-order valence-electron chi connectivity index (χ1n) is 3.39. The Morgan fingerprint density at radius 1 is 1.75 bits per heavy atom. The van der Waals surface area contributed by atoms with Gasteiger partial charge in [0.05, 0.1) is 13.5 Å². The molecule has 0 unspecified atom stereocenters. The molecular formula is C6H9N3O3. The van der Waals surface area contributed by atoms with Gasteiger partial charge in [-0.3, -0.25) is 9.89 Å². The van der Waals surface area contributed by atoms with Gasteiger partial charge in [-0.15, -0.1) is 5.10 Å². The number of aryl methyl sites for hydroxylation is 1. The number of aromatic nitrogens is 3. The van der Waals surface area contributed by atoms with Crippen LogP contribution < -0.4 is 4.74 Å². The van der Waals surface area contributed by atoms with Crippen molar-refractivity contribution in [3.05, 3.63) is 5.82 Å². The van der Waals surface area contributed by atoms with Crippen LogP contribution in [0.25, 0.3) is 0 Å². The smallest absolute Gasteiger partial charge is 0.335 e. The predicted molar refractivity (Wildman–Crippen MR) is 38.9 cm³/mol. The number of nitrogens with zero attached hydrogens (tertiary/aromatic N) is 2. The monoisotopic (exact) mass is 171 g/mol. The fourth-order valence-electron chi connectivity index (χ4n) is 0.706. The van der Waals surface area contributed by atoms with Gasteiger partial charge >= 0.3 is 12.0 Å². The molecule has 1 rings (SSSR count). The van der Waals surface area contributed by atoms with Gasteiger partial charge in [-0.25, -0.2) is 0 Å². The van der Waals surface area contributed by atoms with Crippen LogP contribution in [0.4, 0.5) is 0 Å². The van der Waals surface area contributed by atoms with Crippen LogP contribution in [0.5, 0.6) is 6.01 Å². The van der Waals surface area contributed by atoms with E-state index in [1.54, 1.807) is 0 Å². The highest BCUT2D eigenvalue weighted by Gasteiger charge is 2.04. The number of aliphatic carboxylic acids is 1. The molecule has 12 heavy (non-hydrogen) atoms. The number of hydrogen-bond donors (Lipinski definition) is 2. The molecule has 0 aliphatic heterocycles. The van der Waals surface area contributed by atoms with Crippen LogP contribution in [-0.2, 0) is 11.2 Å². The van der Waals surface area contributed by atoms with E-state index in [-0.39, 0.29) is 12.4 Å². The Labute approximate surface area is 68.6 Å². The molecule has 0 aromatic carbocycles. The third-order valence-electron chi connectivity index (χ3n) is 1.27. The lowest BCUT2D eigenvalue weighted by atomic mass is 10.3. The third kappa shape index (κ3) is 2.22. The maximum atomic E-state index is 10.2. The van der Waals surface area contributed by atoms with Crippen molar-refractivity contribution >= 4 is 5.97 Å². The highest BCUT2D eigenvalue weighted by Crippen LogP contribution is 2.01. The van der Waals surface area contributed by atoms with Crippen LogP contribution >= 0.6 is 0 Å². The molecule has 6 heteroatoms. The zero-order chi connectivity index (χ0) is 8.97. The average Bonchev–Trinajstić information content (AvgIpc) is 2.48. The molecule has 0 radical (unpaired) electrons. The number of H-pyrrole nitrogens is 1. The van der Waals surface area contributed by atoms with E-state index in [0.717, 1.165) is 0 Å². The Bertz CT molecular complexity index is 271. The van der Waals surface area contributed by atoms with E-state index in [1.165, 1.54) is 7.11 Å². The lowest BCUT2D eigenvalue weighted by Crippen LogP contribution is -1.98. The molecule has 66 valence electrons. The van der Waals surface area contributed by atoms with Gasteiger partial charge in [0.25, 0.3) is 0 Å². The first-order chi connectivity index (χ1) is 5.72. The highest BCUT2D eigenvalue weighted by atomic mass is 16.5. The normalized spacial score (nSPS) is 9.75. The van der Waals surface area contributed by atoms with Crippen LogP contribution in [0.15, 0.2) is 0 Å².